The molecule has 0 aromatic carbocycles. The molecule has 0 aromatic heterocycles. The maximum Gasteiger partial charge on any atom is 0.317 e. The fraction of sp³-hybridized carbons (Fsp3) is 0.923. The molecule has 3 heteroatoms. The molecular weight excluding hydrogens is 220 g/mol. The first-order valence-corrected chi connectivity index (χ1v) is 7.58. The van der Waals surface area contributed by atoms with Gasteiger partial charge in [-0.25, -0.2) is 0 Å². The molecule has 0 unspecified atom stereocenters. The van der Waals surface area contributed by atoms with E-state index in [9.17, 15) is 4.79 Å². The summed E-state index contributed by atoms with van der Waals surface area (Å²) in [5, 5.41) is 0. The molecule has 2 rings (SSSR count). The van der Waals surface area contributed by atoms with Crippen LogP contribution in [0.2, 0.25) is 0 Å². The molecule has 0 atom stereocenters. The molecule has 1 aliphatic heterocycles. The summed E-state index contributed by atoms with van der Waals surface area (Å²) in [5.41, 5.74) is 0. The van der Waals surface area contributed by atoms with Gasteiger partial charge >= 0.3 is 5.97 Å². The van der Waals surface area contributed by atoms with Gasteiger partial charge in [0.1, 0.15) is 0 Å². The average Bonchev–Trinajstić information content (AvgIpc) is 2.64. The molecule has 2 nitrogen and oxygen atoms in total. The molecule has 1 saturated carbocycles. The van der Waals surface area contributed by atoms with Crippen molar-refractivity contribution in [1.82, 2.24) is 0 Å². The largest absolute Gasteiger partial charge is 0.447 e. The summed E-state index contributed by atoms with van der Waals surface area (Å²) < 4.78 is 5.49. The van der Waals surface area contributed by atoms with Crippen LogP contribution in [0.15, 0.2) is 0 Å². The predicted octanol–water partition coefficient (Wildman–Crippen LogP) is 3.74. The van der Waals surface area contributed by atoms with Gasteiger partial charge in [0.2, 0.25) is 0 Å². The van der Waals surface area contributed by atoms with Crippen molar-refractivity contribution in [3.05, 3.63) is 0 Å². The molecule has 2 aliphatic rings. The number of rotatable bonds is 4. The molecule has 0 radical (unpaired) electrons. The molecule has 1 spiro atoms. The fourth-order valence-electron chi connectivity index (χ4n) is 2.79. The quantitative estimate of drug-likeness (QED) is 0.555. The van der Waals surface area contributed by atoms with Crippen molar-refractivity contribution in [1.29, 1.82) is 0 Å². The number of unbranched alkanes of at least 4 members (excludes halogenated alkanes) is 2. The molecule has 92 valence electrons. The van der Waals surface area contributed by atoms with E-state index in [1.165, 1.54) is 38.5 Å². The molecule has 0 aromatic rings. The second-order valence-corrected chi connectivity index (χ2v) is 6.43. The first-order valence-electron chi connectivity index (χ1n) is 6.60. The Hall–Kier alpha value is -0.180. The van der Waals surface area contributed by atoms with Crippen LogP contribution < -0.4 is 0 Å². The number of esters is 1. The molecule has 0 amide bonds. The van der Waals surface area contributed by atoms with Crippen molar-refractivity contribution >= 4 is 17.7 Å². The van der Waals surface area contributed by atoms with Crippen molar-refractivity contribution < 1.29 is 9.53 Å². The molecule has 1 aliphatic carbocycles. The van der Waals surface area contributed by atoms with Gasteiger partial charge in [0.05, 0.1) is 5.75 Å². The lowest BCUT2D eigenvalue weighted by molar-refractivity contribution is -0.147. The van der Waals surface area contributed by atoms with Gasteiger partial charge in [-0.1, -0.05) is 32.6 Å². The van der Waals surface area contributed by atoms with E-state index >= 15 is 0 Å². The molecule has 0 N–H and O–H groups in total. The van der Waals surface area contributed by atoms with E-state index in [1.807, 2.05) is 0 Å². The lowest BCUT2D eigenvalue weighted by Crippen LogP contribution is -2.31. The molecule has 16 heavy (non-hydrogen) atoms. The molecule has 1 saturated heterocycles. The van der Waals surface area contributed by atoms with E-state index in [0.717, 1.165) is 18.8 Å². The molecule has 2 fully saturated rings. The Kier molecular flexibility index (Phi) is 4.17. The molecule has 1 heterocycles. The summed E-state index contributed by atoms with van der Waals surface area (Å²) in [6.45, 7) is 2.25. The highest BCUT2D eigenvalue weighted by molar-refractivity contribution is 8.01. The minimum Gasteiger partial charge on any atom is -0.447 e. The zero-order valence-corrected chi connectivity index (χ0v) is 11.0. The van der Waals surface area contributed by atoms with Crippen LogP contribution in [0.3, 0.4) is 0 Å². The van der Waals surface area contributed by atoms with Crippen molar-refractivity contribution in [2.75, 3.05) is 5.75 Å². The second kappa shape index (κ2) is 5.44. The highest BCUT2D eigenvalue weighted by Crippen LogP contribution is 2.47. The number of carbonyl (C=O) groups excluding carboxylic acids is 1. The van der Waals surface area contributed by atoms with E-state index < -0.39 is 0 Å². The van der Waals surface area contributed by atoms with E-state index in [2.05, 4.69) is 6.92 Å². The smallest absolute Gasteiger partial charge is 0.317 e. The van der Waals surface area contributed by atoms with Crippen LogP contribution in [0.25, 0.3) is 0 Å². The van der Waals surface area contributed by atoms with Crippen molar-refractivity contribution in [3.63, 3.8) is 0 Å². The Morgan fingerprint density at radius 2 is 2.12 bits per heavy atom. The van der Waals surface area contributed by atoms with Crippen LogP contribution in [0.4, 0.5) is 0 Å². The highest BCUT2D eigenvalue weighted by atomic mass is 32.2. The van der Waals surface area contributed by atoms with Crippen LogP contribution >= 0.6 is 11.8 Å². The number of hydrogen-bond acceptors (Lipinski definition) is 3. The maximum atomic E-state index is 11.2. The second-order valence-electron chi connectivity index (χ2n) is 5.11. The maximum absolute atomic E-state index is 11.2. The van der Waals surface area contributed by atoms with Gasteiger partial charge in [0.25, 0.3) is 0 Å². The minimum absolute atomic E-state index is 0.00515. The summed E-state index contributed by atoms with van der Waals surface area (Å²) in [7, 11) is 0. The van der Waals surface area contributed by atoms with Gasteiger partial charge in [-0.05, 0) is 31.6 Å². The van der Waals surface area contributed by atoms with Gasteiger partial charge in [-0.2, -0.15) is 0 Å². The Labute approximate surface area is 103 Å². The van der Waals surface area contributed by atoms with Crippen molar-refractivity contribution in [2.45, 2.75) is 63.2 Å². The van der Waals surface area contributed by atoms with Gasteiger partial charge in [-0.15, -0.1) is 11.8 Å². The summed E-state index contributed by atoms with van der Waals surface area (Å²) in [5.74, 6) is 1.45. The van der Waals surface area contributed by atoms with Crippen molar-refractivity contribution in [3.8, 4) is 0 Å². The number of hydrogen-bond donors (Lipinski definition) is 0. The zero-order valence-electron chi connectivity index (χ0n) is 10.2. The van der Waals surface area contributed by atoms with Crippen LogP contribution in [0.5, 0.6) is 0 Å². The minimum atomic E-state index is -0.113. The summed E-state index contributed by atoms with van der Waals surface area (Å²) in [6.07, 6.45) is 10.1. The first-order chi connectivity index (χ1) is 7.74. The van der Waals surface area contributed by atoms with E-state index in [0.29, 0.717) is 5.75 Å². The topological polar surface area (TPSA) is 26.3 Å². The summed E-state index contributed by atoms with van der Waals surface area (Å²) in [6, 6.07) is 0. The van der Waals surface area contributed by atoms with Crippen LogP contribution in [-0.4, -0.2) is 16.7 Å². The Bertz CT molecular complexity index is 244. The third-order valence-electron chi connectivity index (χ3n) is 3.84. The van der Waals surface area contributed by atoms with Crippen LogP contribution in [0, 0.1) is 5.92 Å². The molecular formula is C13H22O2S. The predicted molar refractivity (Wildman–Crippen MR) is 67.4 cm³/mol. The first kappa shape index (κ1) is 12.3. The Morgan fingerprint density at radius 3 is 2.69 bits per heavy atom. The third kappa shape index (κ3) is 2.93. The van der Waals surface area contributed by atoms with Gasteiger partial charge in [0.15, 0.2) is 4.93 Å². The summed E-state index contributed by atoms with van der Waals surface area (Å²) >= 11 is 1.73. The lowest BCUT2D eigenvalue weighted by atomic mass is 9.83. The average molecular weight is 242 g/mol. The van der Waals surface area contributed by atoms with E-state index in [4.69, 9.17) is 4.74 Å². The van der Waals surface area contributed by atoms with Crippen LogP contribution in [0.1, 0.15) is 58.3 Å². The number of ether oxygens (including phenoxy) is 1. The molecule has 0 bridgehead atoms. The normalized spacial score (nSPS) is 34.3. The SMILES string of the molecule is CCCCCC1CCC2(CC1)OC(=O)CS2. The fourth-order valence-corrected chi connectivity index (χ4v) is 3.91. The van der Waals surface area contributed by atoms with Gasteiger partial charge in [-0.3, -0.25) is 4.79 Å². The standard InChI is InChI=1S/C13H22O2S/c1-2-3-4-5-11-6-8-13(9-7-11)15-12(14)10-16-13/h11H,2-10H2,1H3. The zero-order chi connectivity index (χ0) is 11.4. The van der Waals surface area contributed by atoms with E-state index in [-0.39, 0.29) is 10.9 Å². The number of thioether (sulfide) groups is 1. The van der Waals surface area contributed by atoms with E-state index in [1.54, 1.807) is 11.8 Å². The number of carbonyl (C=O) groups is 1. The summed E-state index contributed by atoms with van der Waals surface area (Å²) in [4.78, 5) is 11.1. The van der Waals surface area contributed by atoms with Crippen LogP contribution in [-0.2, 0) is 9.53 Å². The monoisotopic (exact) mass is 242 g/mol. The third-order valence-corrected chi connectivity index (χ3v) is 5.23. The van der Waals surface area contributed by atoms with Gasteiger partial charge < -0.3 is 4.74 Å². The van der Waals surface area contributed by atoms with Crippen molar-refractivity contribution in [2.24, 2.45) is 5.92 Å². The Balaban J connectivity index is 1.72. The highest BCUT2D eigenvalue weighted by Gasteiger charge is 2.43. The Morgan fingerprint density at radius 1 is 1.38 bits per heavy atom. The van der Waals surface area contributed by atoms with Gasteiger partial charge in [0, 0.05) is 0 Å². The lowest BCUT2D eigenvalue weighted by Gasteiger charge is -2.34.